The van der Waals surface area contributed by atoms with Crippen molar-refractivity contribution in [3.05, 3.63) is 21.9 Å². The van der Waals surface area contributed by atoms with Crippen molar-refractivity contribution >= 4 is 27.7 Å². The van der Waals surface area contributed by atoms with Gasteiger partial charge in [0.15, 0.2) is 0 Å². The van der Waals surface area contributed by atoms with Crippen LogP contribution in [0.15, 0.2) is 4.79 Å². The van der Waals surface area contributed by atoms with E-state index in [1.54, 1.807) is 0 Å². The summed E-state index contributed by atoms with van der Waals surface area (Å²) in [6, 6.07) is 0. The summed E-state index contributed by atoms with van der Waals surface area (Å²) in [6.45, 7) is 4.45. The van der Waals surface area contributed by atoms with E-state index in [1.807, 2.05) is 6.92 Å². The molecule has 5 nitrogen and oxygen atoms in total. The van der Waals surface area contributed by atoms with E-state index in [4.69, 9.17) is 0 Å². The molecular weight excluding hydrogens is 276 g/mol. The van der Waals surface area contributed by atoms with Crippen LogP contribution < -0.4 is 5.69 Å². The van der Waals surface area contributed by atoms with Gasteiger partial charge in [-0.15, -0.1) is 0 Å². The monoisotopic (exact) mass is 288 g/mol. The average molecular weight is 289 g/mol. The summed E-state index contributed by atoms with van der Waals surface area (Å²) in [5, 5.41) is 0.366. The van der Waals surface area contributed by atoms with E-state index in [0.717, 1.165) is 9.13 Å². The van der Waals surface area contributed by atoms with Gasteiger partial charge in [-0.3, -0.25) is 9.59 Å². The van der Waals surface area contributed by atoms with Crippen LogP contribution >= 0.6 is 15.9 Å². The first kappa shape index (κ1) is 12.9. The lowest BCUT2D eigenvalue weighted by Crippen LogP contribution is -2.31. The van der Waals surface area contributed by atoms with E-state index in [0.29, 0.717) is 23.1 Å². The number of rotatable bonds is 2. The number of aromatic nitrogens is 2. The second-order valence-corrected chi connectivity index (χ2v) is 3.93. The maximum Gasteiger partial charge on any atom is 0.342 e. The van der Waals surface area contributed by atoms with E-state index in [2.05, 4.69) is 15.9 Å². The molecule has 1 heterocycles. The van der Waals surface area contributed by atoms with Crippen LogP contribution in [0, 0.1) is 0 Å². The van der Waals surface area contributed by atoms with E-state index < -0.39 is 5.69 Å². The molecular formula is C10H13BrN2O3. The third-order valence-corrected chi connectivity index (χ3v) is 2.88. The predicted molar refractivity (Wildman–Crippen MR) is 63.3 cm³/mol. The molecule has 0 aliphatic rings. The molecule has 0 radical (unpaired) electrons. The van der Waals surface area contributed by atoms with E-state index >= 15 is 0 Å². The van der Waals surface area contributed by atoms with Gasteiger partial charge in [0.1, 0.15) is 0 Å². The first-order chi connectivity index (χ1) is 7.45. The average Bonchev–Trinajstić information content (AvgIpc) is 2.49. The summed E-state index contributed by atoms with van der Waals surface area (Å²) in [5.74, 6) is -0.752. The summed E-state index contributed by atoms with van der Waals surface area (Å²) in [7, 11) is 0. The smallest absolute Gasteiger partial charge is 0.274 e. The molecule has 16 heavy (non-hydrogen) atoms. The Morgan fingerprint density at radius 3 is 1.88 bits per heavy atom. The zero-order valence-corrected chi connectivity index (χ0v) is 11.0. The molecule has 0 aromatic carbocycles. The second-order valence-electron chi connectivity index (χ2n) is 3.37. The molecule has 1 aromatic rings. The first-order valence-electron chi connectivity index (χ1n) is 4.89. The van der Waals surface area contributed by atoms with Crippen molar-refractivity contribution in [2.45, 2.75) is 32.5 Å². The lowest BCUT2D eigenvalue weighted by atomic mass is 10.2. The summed E-state index contributed by atoms with van der Waals surface area (Å²) in [5.41, 5.74) is 0.561. The zero-order valence-electron chi connectivity index (χ0n) is 9.41. The summed E-state index contributed by atoms with van der Waals surface area (Å²) >= 11 is 3.23. The molecule has 0 fully saturated rings. The Balaban J connectivity index is 3.71. The van der Waals surface area contributed by atoms with Crippen LogP contribution in [-0.2, 0) is 11.8 Å². The van der Waals surface area contributed by atoms with Crippen LogP contribution in [0.5, 0.6) is 0 Å². The quantitative estimate of drug-likeness (QED) is 0.774. The fourth-order valence-corrected chi connectivity index (χ4v) is 2.31. The Kier molecular flexibility index (Phi) is 3.85. The van der Waals surface area contributed by atoms with Crippen LogP contribution in [-0.4, -0.2) is 20.9 Å². The number of nitrogens with zero attached hydrogens (tertiary/aromatic N) is 2. The molecule has 0 N–H and O–H groups in total. The fourth-order valence-electron chi connectivity index (χ4n) is 1.74. The predicted octanol–water partition coefficient (Wildman–Crippen LogP) is 1.43. The van der Waals surface area contributed by atoms with Gasteiger partial charge in [0.05, 0.1) is 11.4 Å². The molecule has 6 heteroatoms. The Labute approximate surface area is 101 Å². The Morgan fingerprint density at radius 1 is 1.12 bits per heavy atom. The first-order valence-corrected chi connectivity index (χ1v) is 6.01. The molecule has 0 atom stereocenters. The number of alkyl halides is 1. The van der Waals surface area contributed by atoms with Gasteiger partial charge < -0.3 is 0 Å². The zero-order chi connectivity index (χ0) is 12.5. The molecule has 0 saturated carbocycles. The number of halogens is 1. The van der Waals surface area contributed by atoms with Crippen LogP contribution in [0.1, 0.15) is 41.7 Å². The summed E-state index contributed by atoms with van der Waals surface area (Å²) in [6.07, 6.45) is 0.524. The van der Waals surface area contributed by atoms with Gasteiger partial charge in [0, 0.05) is 19.2 Å². The topological polar surface area (TPSA) is 61.1 Å². The molecule has 0 spiro atoms. The van der Waals surface area contributed by atoms with Crippen LogP contribution in [0.2, 0.25) is 0 Å². The number of carbonyl (C=O) groups is 2. The van der Waals surface area contributed by atoms with E-state index in [1.165, 1.54) is 13.8 Å². The fraction of sp³-hybridized carbons (Fsp3) is 0.500. The van der Waals surface area contributed by atoms with Gasteiger partial charge >= 0.3 is 5.69 Å². The highest BCUT2D eigenvalue weighted by molar-refractivity contribution is 9.08. The minimum atomic E-state index is -0.577. The molecule has 0 saturated heterocycles. The van der Waals surface area contributed by atoms with Crippen molar-refractivity contribution < 1.29 is 9.59 Å². The Hall–Kier alpha value is -1.17. The number of imidazole rings is 1. The van der Waals surface area contributed by atoms with Crippen LogP contribution in [0.3, 0.4) is 0 Å². The van der Waals surface area contributed by atoms with Gasteiger partial charge in [-0.2, -0.15) is 0 Å². The highest BCUT2D eigenvalue weighted by atomic mass is 79.9. The van der Waals surface area contributed by atoms with Crippen molar-refractivity contribution in [1.82, 2.24) is 9.13 Å². The molecule has 1 aromatic heterocycles. The maximum absolute atomic E-state index is 11.9. The highest BCUT2D eigenvalue weighted by Gasteiger charge is 2.21. The SMILES string of the molecule is CCc1c(CBr)n(C(C)=O)c(=O)n1C(C)=O. The minimum absolute atomic E-state index is 0.366. The van der Waals surface area contributed by atoms with Crippen LogP contribution in [0.4, 0.5) is 0 Å². The third-order valence-electron chi connectivity index (χ3n) is 2.35. The van der Waals surface area contributed by atoms with Gasteiger partial charge in [-0.05, 0) is 6.42 Å². The van der Waals surface area contributed by atoms with Gasteiger partial charge in [0.25, 0.3) is 0 Å². The molecule has 88 valence electrons. The molecule has 0 bridgehead atoms. The molecule has 0 unspecified atom stereocenters. The van der Waals surface area contributed by atoms with E-state index in [-0.39, 0.29) is 11.8 Å². The van der Waals surface area contributed by atoms with Gasteiger partial charge in [0.2, 0.25) is 11.8 Å². The number of hydrogen-bond acceptors (Lipinski definition) is 3. The molecule has 0 aliphatic heterocycles. The minimum Gasteiger partial charge on any atom is -0.274 e. The lowest BCUT2D eigenvalue weighted by Gasteiger charge is -2.02. The Bertz CT molecular complexity index is 456. The third kappa shape index (κ3) is 1.89. The van der Waals surface area contributed by atoms with Crippen molar-refractivity contribution in [3.63, 3.8) is 0 Å². The standard InChI is InChI=1S/C10H13BrN2O3/c1-4-8-9(5-11)13(7(3)15)10(16)12(8)6(2)14/h4-5H2,1-3H3. The van der Waals surface area contributed by atoms with Crippen molar-refractivity contribution in [2.24, 2.45) is 0 Å². The highest BCUT2D eigenvalue weighted by Crippen LogP contribution is 2.13. The summed E-state index contributed by atoms with van der Waals surface area (Å²) < 4.78 is 2.09. The number of hydrogen-bond donors (Lipinski definition) is 0. The largest absolute Gasteiger partial charge is 0.342 e. The van der Waals surface area contributed by atoms with Crippen molar-refractivity contribution in [3.8, 4) is 0 Å². The Morgan fingerprint density at radius 2 is 1.56 bits per heavy atom. The van der Waals surface area contributed by atoms with E-state index in [9.17, 15) is 14.4 Å². The van der Waals surface area contributed by atoms with Crippen molar-refractivity contribution in [1.29, 1.82) is 0 Å². The molecule has 1 rings (SSSR count). The lowest BCUT2D eigenvalue weighted by molar-refractivity contribution is 0.0919. The summed E-state index contributed by atoms with van der Waals surface area (Å²) in [4.78, 5) is 34.6. The molecule has 0 amide bonds. The van der Waals surface area contributed by atoms with Gasteiger partial charge in [-0.25, -0.2) is 13.9 Å². The number of carbonyl (C=O) groups excluding carboxylic acids is 2. The van der Waals surface area contributed by atoms with Gasteiger partial charge in [-0.1, -0.05) is 22.9 Å². The molecule has 0 aliphatic carbocycles. The second kappa shape index (κ2) is 4.78. The normalized spacial score (nSPS) is 10.5. The van der Waals surface area contributed by atoms with Crippen molar-refractivity contribution in [2.75, 3.05) is 0 Å². The maximum atomic E-state index is 11.9. The van der Waals surface area contributed by atoms with Crippen LogP contribution in [0.25, 0.3) is 0 Å².